The number of H-pyrrole nitrogens is 1. The van der Waals surface area contributed by atoms with Crippen molar-refractivity contribution in [3.05, 3.63) is 36.8 Å². The minimum absolute atomic E-state index is 0.734. The second-order valence-electron chi connectivity index (χ2n) is 6.09. The number of hydrogen-bond donors (Lipinski definition) is 3. The summed E-state index contributed by atoms with van der Waals surface area (Å²) in [6, 6.07) is 8.33. The number of aromatic nitrogens is 4. The summed E-state index contributed by atoms with van der Waals surface area (Å²) < 4.78 is 0. The molecule has 0 saturated heterocycles. The van der Waals surface area contributed by atoms with E-state index in [2.05, 4.69) is 55.1 Å². The molecule has 0 radical (unpaired) electrons. The zero-order valence-electron chi connectivity index (χ0n) is 12.9. The van der Waals surface area contributed by atoms with Gasteiger partial charge in [0, 0.05) is 17.9 Å². The van der Waals surface area contributed by atoms with Crippen molar-refractivity contribution in [3.8, 4) is 0 Å². The zero-order chi connectivity index (χ0) is 15.5. The predicted molar refractivity (Wildman–Crippen MR) is 91.9 cm³/mol. The molecule has 1 saturated carbocycles. The number of aromatic amines is 1. The van der Waals surface area contributed by atoms with Gasteiger partial charge in [0.25, 0.3) is 0 Å². The molecule has 0 amide bonds. The topological polar surface area (TPSA) is 78.5 Å². The van der Waals surface area contributed by atoms with Gasteiger partial charge in [-0.15, -0.1) is 0 Å². The maximum Gasteiger partial charge on any atom is 0.160 e. The summed E-state index contributed by atoms with van der Waals surface area (Å²) in [6.07, 6.45) is 8.75. The summed E-state index contributed by atoms with van der Waals surface area (Å²) in [6.45, 7) is 1.08. The predicted octanol–water partition coefficient (Wildman–Crippen LogP) is 3.70. The Kier molecular flexibility index (Phi) is 3.80. The van der Waals surface area contributed by atoms with Crippen molar-refractivity contribution in [3.63, 3.8) is 0 Å². The molecule has 0 aliphatic heterocycles. The largest absolute Gasteiger partial charge is 0.385 e. The molecule has 3 N–H and O–H groups in total. The summed E-state index contributed by atoms with van der Waals surface area (Å²) in [5.41, 5.74) is 2.90. The van der Waals surface area contributed by atoms with Gasteiger partial charge in [-0.1, -0.05) is 12.8 Å². The molecule has 0 unspecified atom stereocenters. The lowest BCUT2D eigenvalue weighted by Gasteiger charge is -2.12. The second kappa shape index (κ2) is 6.24. The first-order valence-corrected chi connectivity index (χ1v) is 8.13. The van der Waals surface area contributed by atoms with E-state index < -0.39 is 0 Å². The quantitative estimate of drug-likeness (QED) is 0.670. The van der Waals surface area contributed by atoms with Crippen LogP contribution in [-0.2, 0) is 0 Å². The van der Waals surface area contributed by atoms with Crippen LogP contribution in [0.2, 0.25) is 0 Å². The highest BCUT2D eigenvalue weighted by Crippen LogP contribution is 2.26. The van der Waals surface area contributed by atoms with Crippen molar-refractivity contribution in [2.45, 2.75) is 25.7 Å². The lowest BCUT2D eigenvalue weighted by Crippen LogP contribution is -2.10. The van der Waals surface area contributed by atoms with Crippen LogP contribution in [0.4, 0.5) is 17.2 Å². The number of fused-ring (bicyclic) bond motifs is 1. The molecule has 23 heavy (non-hydrogen) atoms. The fourth-order valence-electron chi connectivity index (χ4n) is 3.15. The Balaban J connectivity index is 1.42. The van der Waals surface area contributed by atoms with E-state index in [0.29, 0.717) is 0 Å². The fraction of sp³-hybridized carbons (Fsp3) is 0.353. The molecule has 2 aromatic heterocycles. The highest BCUT2D eigenvalue weighted by molar-refractivity contribution is 5.87. The van der Waals surface area contributed by atoms with Gasteiger partial charge in [-0.2, -0.15) is 5.10 Å². The molecule has 6 heteroatoms. The van der Waals surface area contributed by atoms with Crippen molar-refractivity contribution in [2.24, 2.45) is 5.92 Å². The first-order valence-electron chi connectivity index (χ1n) is 8.13. The Bertz CT molecular complexity index is 773. The summed E-state index contributed by atoms with van der Waals surface area (Å²) in [7, 11) is 0. The highest BCUT2D eigenvalue weighted by Gasteiger charge is 2.14. The van der Waals surface area contributed by atoms with E-state index in [1.54, 1.807) is 6.20 Å². The Morgan fingerprint density at radius 2 is 1.83 bits per heavy atom. The van der Waals surface area contributed by atoms with Crippen LogP contribution in [0.5, 0.6) is 0 Å². The molecular formula is C17H20N6. The maximum atomic E-state index is 4.29. The van der Waals surface area contributed by atoms with E-state index in [1.165, 1.54) is 37.7 Å². The minimum Gasteiger partial charge on any atom is -0.385 e. The van der Waals surface area contributed by atoms with Crippen molar-refractivity contribution in [1.82, 2.24) is 20.2 Å². The summed E-state index contributed by atoms with van der Waals surface area (Å²) >= 11 is 0. The molecular weight excluding hydrogens is 288 g/mol. The fourth-order valence-corrected chi connectivity index (χ4v) is 3.15. The number of hydrogen-bond acceptors (Lipinski definition) is 5. The third-order valence-electron chi connectivity index (χ3n) is 4.47. The lowest BCUT2D eigenvalue weighted by atomic mass is 10.1. The monoisotopic (exact) mass is 308 g/mol. The molecule has 6 nitrogen and oxygen atoms in total. The number of nitrogens with zero attached hydrogens (tertiary/aromatic N) is 3. The van der Waals surface area contributed by atoms with Crippen LogP contribution in [0.15, 0.2) is 36.8 Å². The molecule has 2 heterocycles. The molecule has 0 atom stereocenters. The number of nitrogens with one attached hydrogen (secondary N) is 3. The summed E-state index contributed by atoms with van der Waals surface area (Å²) in [5.74, 6) is 1.60. The highest BCUT2D eigenvalue weighted by atomic mass is 15.2. The van der Waals surface area contributed by atoms with Crippen LogP contribution in [0.3, 0.4) is 0 Å². The Morgan fingerprint density at radius 3 is 2.65 bits per heavy atom. The van der Waals surface area contributed by atoms with Crippen molar-refractivity contribution in [1.29, 1.82) is 0 Å². The molecule has 118 valence electrons. The van der Waals surface area contributed by atoms with E-state index in [4.69, 9.17) is 0 Å². The van der Waals surface area contributed by atoms with Crippen molar-refractivity contribution in [2.75, 3.05) is 17.2 Å². The van der Waals surface area contributed by atoms with Gasteiger partial charge in [0.2, 0.25) is 0 Å². The average molecular weight is 308 g/mol. The van der Waals surface area contributed by atoms with Gasteiger partial charge in [0.1, 0.15) is 12.1 Å². The van der Waals surface area contributed by atoms with Gasteiger partial charge in [0.15, 0.2) is 5.65 Å². The normalized spacial score (nSPS) is 15.1. The molecule has 3 aromatic rings. The molecule has 1 aliphatic carbocycles. The first kappa shape index (κ1) is 14.0. The van der Waals surface area contributed by atoms with Crippen LogP contribution in [-0.4, -0.2) is 26.7 Å². The van der Waals surface area contributed by atoms with E-state index in [0.717, 1.165) is 35.0 Å². The zero-order valence-corrected chi connectivity index (χ0v) is 12.9. The van der Waals surface area contributed by atoms with Crippen LogP contribution in [0, 0.1) is 5.92 Å². The number of anilines is 3. The van der Waals surface area contributed by atoms with Crippen molar-refractivity contribution < 1.29 is 0 Å². The Morgan fingerprint density at radius 1 is 1.04 bits per heavy atom. The minimum atomic E-state index is 0.734. The summed E-state index contributed by atoms with van der Waals surface area (Å²) in [5, 5.41) is 14.6. The van der Waals surface area contributed by atoms with Crippen LogP contribution >= 0.6 is 0 Å². The van der Waals surface area contributed by atoms with Gasteiger partial charge in [-0.05, 0) is 43.0 Å². The van der Waals surface area contributed by atoms with E-state index in [1.807, 2.05) is 0 Å². The Hall–Kier alpha value is -2.63. The molecule has 1 aliphatic rings. The smallest absolute Gasteiger partial charge is 0.160 e. The number of rotatable bonds is 5. The van der Waals surface area contributed by atoms with Crippen molar-refractivity contribution >= 4 is 28.2 Å². The van der Waals surface area contributed by atoms with Crippen LogP contribution in [0.1, 0.15) is 25.7 Å². The SMILES string of the molecule is c1nc(Nc2ccc(NCC3CCCC3)cc2)c2cn[nH]c2n1. The molecule has 1 aromatic carbocycles. The molecule has 1 fully saturated rings. The van der Waals surface area contributed by atoms with Gasteiger partial charge < -0.3 is 10.6 Å². The summed E-state index contributed by atoms with van der Waals surface area (Å²) in [4.78, 5) is 8.43. The molecule has 0 bridgehead atoms. The molecule has 4 rings (SSSR count). The van der Waals surface area contributed by atoms with E-state index in [-0.39, 0.29) is 0 Å². The van der Waals surface area contributed by atoms with E-state index in [9.17, 15) is 0 Å². The number of benzene rings is 1. The average Bonchev–Trinajstić information content (AvgIpc) is 3.26. The van der Waals surface area contributed by atoms with Gasteiger partial charge in [-0.25, -0.2) is 9.97 Å². The van der Waals surface area contributed by atoms with Crippen LogP contribution < -0.4 is 10.6 Å². The van der Waals surface area contributed by atoms with Gasteiger partial charge >= 0.3 is 0 Å². The van der Waals surface area contributed by atoms with Gasteiger partial charge in [-0.3, -0.25) is 5.10 Å². The third kappa shape index (κ3) is 3.11. The second-order valence-corrected chi connectivity index (χ2v) is 6.09. The standard InChI is InChI=1S/C17H20N6/c1-2-4-12(3-1)9-18-13-5-7-14(8-6-13)22-16-15-10-21-23-17(15)20-11-19-16/h5-8,10-12,18H,1-4,9H2,(H2,19,20,21,22,23). The first-order chi connectivity index (χ1) is 11.4. The Labute approximate surface area is 134 Å². The molecule has 0 spiro atoms. The van der Waals surface area contributed by atoms with E-state index >= 15 is 0 Å². The van der Waals surface area contributed by atoms with Crippen LogP contribution in [0.25, 0.3) is 11.0 Å². The maximum absolute atomic E-state index is 4.29. The van der Waals surface area contributed by atoms with Gasteiger partial charge in [0.05, 0.1) is 11.6 Å². The third-order valence-corrected chi connectivity index (χ3v) is 4.47. The lowest BCUT2D eigenvalue weighted by molar-refractivity contribution is 0.580.